The number of carbonyl (C=O) groups excluding carboxylic acids is 1. The van der Waals surface area contributed by atoms with Crippen LogP contribution in [0.4, 0.5) is 0 Å². The molecule has 0 saturated carbocycles. The van der Waals surface area contributed by atoms with Crippen molar-refractivity contribution in [2.45, 2.75) is 20.0 Å². The molecule has 0 aromatic heterocycles. The molecule has 2 aromatic carbocycles. The maximum absolute atomic E-state index is 12.2. The summed E-state index contributed by atoms with van der Waals surface area (Å²) in [4.78, 5) is 12.2. The van der Waals surface area contributed by atoms with Gasteiger partial charge in [0.15, 0.2) is 11.5 Å². The highest BCUT2D eigenvalue weighted by Crippen LogP contribution is 2.36. The molecule has 1 amide bonds. The lowest BCUT2D eigenvalue weighted by molar-refractivity contribution is 0.0951. The van der Waals surface area contributed by atoms with Crippen molar-refractivity contribution in [1.82, 2.24) is 5.32 Å². The van der Waals surface area contributed by atoms with E-state index in [4.69, 9.17) is 26.8 Å². The number of methoxy groups -OCH3 is 1. The smallest absolute Gasteiger partial charge is 0.251 e. The molecule has 0 spiro atoms. The number of carbonyl (C=O) groups is 1. The van der Waals surface area contributed by atoms with Crippen molar-refractivity contribution < 1.29 is 14.3 Å². The van der Waals surface area contributed by atoms with E-state index in [-0.39, 0.29) is 18.3 Å². The number of nitrogens with two attached hydrogens (primary N) is 1. The number of rotatable bonds is 7. The highest BCUT2D eigenvalue weighted by atomic mass is 35.5. The van der Waals surface area contributed by atoms with Crippen LogP contribution in [0.3, 0.4) is 0 Å². The molecule has 5 nitrogen and oxygen atoms in total. The minimum Gasteiger partial charge on any atom is -0.493 e. The van der Waals surface area contributed by atoms with E-state index in [1.54, 1.807) is 31.4 Å². The molecule has 0 fully saturated rings. The number of amides is 1. The summed E-state index contributed by atoms with van der Waals surface area (Å²) in [6.45, 7) is 3.15. The van der Waals surface area contributed by atoms with Crippen LogP contribution in [0.5, 0.6) is 11.5 Å². The molecule has 7 heteroatoms. The average Bonchev–Trinajstić information content (AvgIpc) is 2.61. The minimum atomic E-state index is -0.164. The second kappa shape index (κ2) is 10.1. The highest BCUT2D eigenvalue weighted by Gasteiger charge is 2.12. The van der Waals surface area contributed by atoms with E-state index >= 15 is 0 Å². The summed E-state index contributed by atoms with van der Waals surface area (Å²) in [6.07, 6.45) is 0. The van der Waals surface area contributed by atoms with Gasteiger partial charge in [0.25, 0.3) is 5.91 Å². The maximum Gasteiger partial charge on any atom is 0.251 e. The Balaban J connectivity index is 0.00000312. The molecule has 2 aromatic rings. The molecular weight excluding hydrogens is 363 g/mol. The van der Waals surface area contributed by atoms with Gasteiger partial charge in [0.05, 0.1) is 18.7 Å². The van der Waals surface area contributed by atoms with Crippen molar-refractivity contribution in [3.63, 3.8) is 0 Å². The summed E-state index contributed by atoms with van der Waals surface area (Å²) in [7, 11) is 1.55. The molecule has 2 rings (SSSR count). The van der Waals surface area contributed by atoms with Gasteiger partial charge in [0.1, 0.15) is 0 Å². The van der Waals surface area contributed by atoms with Crippen LogP contribution in [-0.4, -0.2) is 19.6 Å². The van der Waals surface area contributed by atoms with Crippen LogP contribution in [0.15, 0.2) is 36.4 Å². The first-order chi connectivity index (χ1) is 11.6. The lowest BCUT2D eigenvalue weighted by Crippen LogP contribution is -2.22. The fraction of sp³-hybridized carbons (Fsp3) is 0.278. The van der Waals surface area contributed by atoms with Gasteiger partial charge in [0.2, 0.25) is 0 Å². The van der Waals surface area contributed by atoms with Crippen LogP contribution >= 0.6 is 24.0 Å². The first kappa shape index (κ1) is 21.1. The fourth-order valence-corrected chi connectivity index (χ4v) is 2.52. The lowest BCUT2D eigenvalue weighted by Gasteiger charge is -2.13. The van der Waals surface area contributed by atoms with Crippen molar-refractivity contribution in [1.29, 1.82) is 0 Å². The van der Waals surface area contributed by atoms with Gasteiger partial charge in [-0.2, -0.15) is 0 Å². The summed E-state index contributed by atoms with van der Waals surface area (Å²) in [6, 6.07) is 10.7. The van der Waals surface area contributed by atoms with E-state index in [9.17, 15) is 4.79 Å². The van der Waals surface area contributed by atoms with E-state index in [2.05, 4.69) is 5.32 Å². The Bertz CT molecular complexity index is 706. The summed E-state index contributed by atoms with van der Waals surface area (Å²) in [5.41, 5.74) is 7.94. The van der Waals surface area contributed by atoms with Crippen LogP contribution in [0, 0.1) is 0 Å². The Hall–Kier alpha value is -1.95. The van der Waals surface area contributed by atoms with Crippen LogP contribution in [-0.2, 0) is 13.1 Å². The molecular formula is C18H22Cl2N2O3. The molecule has 0 heterocycles. The van der Waals surface area contributed by atoms with Gasteiger partial charge in [-0.05, 0) is 42.3 Å². The van der Waals surface area contributed by atoms with E-state index in [1.165, 1.54) is 0 Å². The predicted molar refractivity (Wildman–Crippen MR) is 102 cm³/mol. The van der Waals surface area contributed by atoms with E-state index in [0.29, 0.717) is 41.8 Å². The average molecular weight is 385 g/mol. The quantitative estimate of drug-likeness (QED) is 0.765. The maximum atomic E-state index is 12.2. The van der Waals surface area contributed by atoms with E-state index in [1.807, 2.05) is 19.1 Å². The second-order valence-electron chi connectivity index (χ2n) is 5.13. The summed E-state index contributed by atoms with van der Waals surface area (Å²) < 4.78 is 10.8. The molecule has 0 atom stereocenters. The Morgan fingerprint density at radius 3 is 2.44 bits per heavy atom. The van der Waals surface area contributed by atoms with Gasteiger partial charge in [-0.15, -0.1) is 12.4 Å². The normalized spacial score (nSPS) is 9.92. The SMILES string of the molecule is CCOc1c(Cl)cc(CNC(=O)c2ccc(CN)cc2)cc1OC.Cl. The van der Waals surface area contributed by atoms with Gasteiger partial charge in [0, 0.05) is 18.7 Å². The minimum absolute atomic E-state index is 0. The number of hydrogen-bond acceptors (Lipinski definition) is 4. The number of benzene rings is 2. The van der Waals surface area contributed by atoms with Gasteiger partial charge in [-0.25, -0.2) is 0 Å². The standard InChI is InChI=1S/C18H21ClN2O3.ClH/c1-3-24-17-15(19)8-13(9-16(17)23-2)11-21-18(22)14-6-4-12(10-20)5-7-14;/h4-9H,3,10-11,20H2,1-2H3,(H,21,22);1H. The van der Waals surface area contributed by atoms with E-state index in [0.717, 1.165) is 11.1 Å². The van der Waals surface area contributed by atoms with Crippen LogP contribution < -0.4 is 20.5 Å². The first-order valence-corrected chi connectivity index (χ1v) is 8.03. The zero-order valence-corrected chi connectivity index (χ0v) is 15.7. The fourth-order valence-electron chi connectivity index (χ4n) is 2.24. The molecule has 0 bridgehead atoms. The predicted octanol–water partition coefficient (Wildman–Crippen LogP) is 3.56. The van der Waals surface area contributed by atoms with Gasteiger partial charge in [-0.1, -0.05) is 23.7 Å². The Labute approximate surface area is 158 Å². The van der Waals surface area contributed by atoms with Crippen molar-refractivity contribution in [2.24, 2.45) is 5.73 Å². The van der Waals surface area contributed by atoms with Gasteiger partial charge in [-0.3, -0.25) is 4.79 Å². The first-order valence-electron chi connectivity index (χ1n) is 7.65. The summed E-state index contributed by atoms with van der Waals surface area (Å²) >= 11 is 6.23. The third-order valence-electron chi connectivity index (χ3n) is 3.48. The molecule has 0 aliphatic rings. The highest BCUT2D eigenvalue weighted by molar-refractivity contribution is 6.32. The van der Waals surface area contributed by atoms with Gasteiger partial charge >= 0.3 is 0 Å². The third-order valence-corrected chi connectivity index (χ3v) is 3.76. The summed E-state index contributed by atoms with van der Waals surface area (Å²) in [5, 5.41) is 3.31. The topological polar surface area (TPSA) is 73.6 Å². The second-order valence-corrected chi connectivity index (χ2v) is 5.53. The number of hydrogen-bond donors (Lipinski definition) is 2. The van der Waals surface area contributed by atoms with E-state index < -0.39 is 0 Å². The molecule has 0 saturated heterocycles. The lowest BCUT2D eigenvalue weighted by atomic mass is 10.1. The molecule has 0 aliphatic heterocycles. The third kappa shape index (κ3) is 5.53. The van der Waals surface area contributed by atoms with Crippen molar-refractivity contribution >= 4 is 29.9 Å². The van der Waals surface area contributed by atoms with Crippen molar-refractivity contribution in [3.8, 4) is 11.5 Å². The Kier molecular flexibility index (Phi) is 8.55. The summed E-state index contributed by atoms with van der Waals surface area (Å²) in [5.74, 6) is 0.887. The molecule has 0 aliphatic carbocycles. The molecule has 136 valence electrons. The van der Waals surface area contributed by atoms with Crippen LogP contribution in [0.2, 0.25) is 5.02 Å². The zero-order chi connectivity index (χ0) is 17.5. The number of nitrogens with one attached hydrogen (secondary N) is 1. The Morgan fingerprint density at radius 2 is 1.88 bits per heavy atom. The molecule has 25 heavy (non-hydrogen) atoms. The Morgan fingerprint density at radius 1 is 1.20 bits per heavy atom. The van der Waals surface area contributed by atoms with Crippen molar-refractivity contribution in [2.75, 3.05) is 13.7 Å². The number of halogens is 2. The number of ether oxygens (including phenoxy) is 2. The zero-order valence-electron chi connectivity index (χ0n) is 14.2. The molecule has 3 N–H and O–H groups in total. The van der Waals surface area contributed by atoms with Crippen molar-refractivity contribution in [3.05, 3.63) is 58.1 Å². The molecule has 0 unspecified atom stereocenters. The molecule has 0 radical (unpaired) electrons. The largest absolute Gasteiger partial charge is 0.493 e. The monoisotopic (exact) mass is 384 g/mol. The van der Waals surface area contributed by atoms with Crippen LogP contribution in [0.1, 0.15) is 28.4 Å². The van der Waals surface area contributed by atoms with Crippen LogP contribution in [0.25, 0.3) is 0 Å². The van der Waals surface area contributed by atoms with Gasteiger partial charge < -0.3 is 20.5 Å².